The highest BCUT2D eigenvalue weighted by Crippen LogP contribution is 2.61. The standard InChI is InChI=1S/C16H24O2.C14H20O3/c1-4-16(18-15(17)10(2)3)13-6-11-5-12(8-13)9-14(16)7-11;1-8(2)13(16)17-14-6-9-3-10(7-14)5-11(4-9)12(14)15/h11-14H,2,4-9H2,1,3H3;9-12,15H,1,3-7H2,2H3. The van der Waals surface area contributed by atoms with E-state index in [-0.39, 0.29) is 17.5 Å². The maximum absolute atomic E-state index is 12.0. The van der Waals surface area contributed by atoms with Crippen molar-refractivity contribution in [2.45, 2.75) is 109 Å². The van der Waals surface area contributed by atoms with Crippen LogP contribution in [0.2, 0.25) is 0 Å². The van der Waals surface area contributed by atoms with Gasteiger partial charge in [0.15, 0.2) is 0 Å². The van der Waals surface area contributed by atoms with E-state index in [1.54, 1.807) is 13.8 Å². The molecular formula is C30H44O5. The van der Waals surface area contributed by atoms with Crippen LogP contribution in [-0.2, 0) is 19.1 Å². The molecule has 0 aromatic carbocycles. The van der Waals surface area contributed by atoms with Crippen LogP contribution in [0.4, 0.5) is 0 Å². The predicted molar refractivity (Wildman–Crippen MR) is 134 cm³/mol. The van der Waals surface area contributed by atoms with Crippen LogP contribution in [0.5, 0.6) is 0 Å². The summed E-state index contributed by atoms with van der Waals surface area (Å²) in [4.78, 5) is 23.7. The summed E-state index contributed by atoms with van der Waals surface area (Å²) in [6.07, 6.45) is 12.3. The van der Waals surface area contributed by atoms with E-state index in [1.165, 1.54) is 38.5 Å². The van der Waals surface area contributed by atoms with Crippen molar-refractivity contribution in [2.75, 3.05) is 0 Å². The van der Waals surface area contributed by atoms with Crippen LogP contribution in [-0.4, -0.2) is 34.4 Å². The van der Waals surface area contributed by atoms with E-state index in [1.807, 2.05) is 0 Å². The summed E-state index contributed by atoms with van der Waals surface area (Å²) in [5.41, 5.74) is 0.207. The molecular weight excluding hydrogens is 440 g/mol. The second-order valence-corrected chi connectivity index (χ2v) is 13.1. The summed E-state index contributed by atoms with van der Waals surface area (Å²) in [5, 5.41) is 10.4. The summed E-state index contributed by atoms with van der Waals surface area (Å²) in [6.45, 7) is 13.0. The summed E-state index contributed by atoms with van der Waals surface area (Å²) in [5.74, 6) is 4.17. The number of carbonyl (C=O) groups is 2. The van der Waals surface area contributed by atoms with Gasteiger partial charge in [0.25, 0.3) is 0 Å². The molecule has 1 N–H and O–H groups in total. The minimum absolute atomic E-state index is 0.163. The zero-order valence-electron chi connectivity index (χ0n) is 21.9. The zero-order chi connectivity index (χ0) is 25.1. The SMILES string of the molecule is C=C(C)C(=O)OC1(CC)C2CC3CC(C2)CC1C3.C=C(C)C(=O)OC12CC3CC(CC(C3)C1O)C2. The topological polar surface area (TPSA) is 72.8 Å². The third kappa shape index (κ3) is 4.30. The van der Waals surface area contributed by atoms with Crippen LogP contribution < -0.4 is 0 Å². The van der Waals surface area contributed by atoms with Gasteiger partial charge in [0, 0.05) is 11.1 Å². The number of aliphatic hydroxyl groups excluding tert-OH is 1. The highest BCUT2D eigenvalue weighted by molar-refractivity contribution is 5.87. The maximum Gasteiger partial charge on any atom is 0.333 e. The van der Waals surface area contributed by atoms with Crippen molar-refractivity contribution < 1.29 is 24.2 Å². The average molecular weight is 485 g/mol. The van der Waals surface area contributed by atoms with Crippen LogP contribution in [0.3, 0.4) is 0 Å². The van der Waals surface area contributed by atoms with Gasteiger partial charge in [0.05, 0.1) is 6.10 Å². The second kappa shape index (κ2) is 9.04. The molecule has 0 radical (unpaired) electrons. The highest BCUT2D eigenvalue weighted by Gasteiger charge is 2.60. The molecule has 8 bridgehead atoms. The molecule has 0 heterocycles. The lowest BCUT2D eigenvalue weighted by molar-refractivity contribution is -0.224. The molecule has 194 valence electrons. The molecule has 8 aliphatic rings. The quantitative estimate of drug-likeness (QED) is 0.397. The summed E-state index contributed by atoms with van der Waals surface area (Å²) < 4.78 is 11.6. The van der Waals surface area contributed by atoms with Gasteiger partial charge in [-0.1, -0.05) is 20.1 Å². The fraction of sp³-hybridized carbons (Fsp3) is 0.800. The first-order chi connectivity index (χ1) is 16.5. The number of hydrogen-bond acceptors (Lipinski definition) is 5. The van der Waals surface area contributed by atoms with E-state index in [4.69, 9.17) is 9.47 Å². The first-order valence-electron chi connectivity index (χ1n) is 14.0. The molecule has 8 rings (SSSR count). The molecule has 0 aliphatic heterocycles. The zero-order valence-corrected chi connectivity index (χ0v) is 21.9. The molecule has 5 nitrogen and oxygen atoms in total. The van der Waals surface area contributed by atoms with Crippen LogP contribution in [0.1, 0.15) is 91.4 Å². The first kappa shape index (κ1) is 25.0. The van der Waals surface area contributed by atoms with Crippen LogP contribution >= 0.6 is 0 Å². The second-order valence-electron chi connectivity index (χ2n) is 13.1. The van der Waals surface area contributed by atoms with Crippen molar-refractivity contribution in [1.82, 2.24) is 0 Å². The van der Waals surface area contributed by atoms with Gasteiger partial charge < -0.3 is 14.6 Å². The Morgan fingerprint density at radius 3 is 1.69 bits per heavy atom. The fourth-order valence-electron chi connectivity index (χ4n) is 9.41. The molecule has 0 aromatic heterocycles. The number of aliphatic hydroxyl groups is 1. The van der Waals surface area contributed by atoms with Gasteiger partial charge in [0.1, 0.15) is 11.2 Å². The van der Waals surface area contributed by atoms with E-state index >= 15 is 0 Å². The molecule has 0 aromatic rings. The lowest BCUT2D eigenvalue weighted by atomic mass is 9.49. The monoisotopic (exact) mass is 484 g/mol. The van der Waals surface area contributed by atoms with Crippen molar-refractivity contribution in [3.05, 3.63) is 24.3 Å². The van der Waals surface area contributed by atoms with E-state index in [0.29, 0.717) is 40.7 Å². The van der Waals surface area contributed by atoms with E-state index < -0.39 is 11.7 Å². The molecule has 3 unspecified atom stereocenters. The Bertz CT molecular complexity index is 860. The molecule has 0 spiro atoms. The largest absolute Gasteiger partial charge is 0.455 e. The van der Waals surface area contributed by atoms with Crippen LogP contribution in [0, 0.1) is 41.4 Å². The highest BCUT2D eigenvalue weighted by atomic mass is 16.6. The molecule has 0 amide bonds. The van der Waals surface area contributed by atoms with Gasteiger partial charge in [-0.15, -0.1) is 0 Å². The smallest absolute Gasteiger partial charge is 0.333 e. The molecule has 35 heavy (non-hydrogen) atoms. The van der Waals surface area contributed by atoms with E-state index in [2.05, 4.69) is 20.1 Å². The molecule has 3 atom stereocenters. The molecule has 0 saturated heterocycles. The Morgan fingerprint density at radius 2 is 1.23 bits per heavy atom. The van der Waals surface area contributed by atoms with Crippen molar-refractivity contribution in [1.29, 1.82) is 0 Å². The summed E-state index contributed by atoms with van der Waals surface area (Å²) >= 11 is 0. The van der Waals surface area contributed by atoms with Gasteiger partial charge >= 0.3 is 11.9 Å². The molecule has 5 heteroatoms. The molecule has 8 aliphatic carbocycles. The summed E-state index contributed by atoms with van der Waals surface area (Å²) in [6, 6.07) is 0. The van der Waals surface area contributed by atoms with Gasteiger partial charge in [0.2, 0.25) is 0 Å². The lowest BCUT2D eigenvalue weighted by Crippen LogP contribution is -2.62. The Labute approximate surface area is 210 Å². The van der Waals surface area contributed by atoms with Crippen LogP contribution in [0.25, 0.3) is 0 Å². The first-order valence-corrected chi connectivity index (χ1v) is 14.0. The van der Waals surface area contributed by atoms with Crippen molar-refractivity contribution in [3.63, 3.8) is 0 Å². The molecule has 8 fully saturated rings. The van der Waals surface area contributed by atoms with Crippen molar-refractivity contribution in [3.8, 4) is 0 Å². The number of esters is 2. The van der Waals surface area contributed by atoms with Gasteiger partial charge in [-0.2, -0.15) is 0 Å². The van der Waals surface area contributed by atoms with Gasteiger partial charge in [-0.05, 0) is 126 Å². The predicted octanol–water partition coefficient (Wildman–Crippen LogP) is 5.76. The summed E-state index contributed by atoms with van der Waals surface area (Å²) in [7, 11) is 0. The maximum atomic E-state index is 12.0. The minimum atomic E-state index is -0.592. The van der Waals surface area contributed by atoms with Gasteiger partial charge in [-0.3, -0.25) is 0 Å². The molecule has 8 saturated carbocycles. The van der Waals surface area contributed by atoms with Gasteiger partial charge in [-0.25, -0.2) is 9.59 Å². The van der Waals surface area contributed by atoms with E-state index in [9.17, 15) is 14.7 Å². The lowest BCUT2D eigenvalue weighted by Gasteiger charge is -2.60. The third-order valence-electron chi connectivity index (χ3n) is 10.5. The average Bonchev–Trinajstić information content (AvgIpc) is 2.79. The van der Waals surface area contributed by atoms with Crippen LogP contribution in [0.15, 0.2) is 24.3 Å². The normalized spacial score (nSPS) is 45.9. The van der Waals surface area contributed by atoms with E-state index in [0.717, 1.165) is 43.9 Å². The van der Waals surface area contributed by atoms with Crippen molar-refractivity contribution in [2.24, 2.45) is 41.4 Å². The third-order valence-corrected chi connectivity index (χ3v) is 10.5. The Kier molecular flexibility index (Phi) is 6.47. The Hall–Kier alpha value is -1.62. The number of carbonyl (C=O) groups excluding carboxylic acids is 2. The Balaban J connectivity index is 0.000000145. The minimum Gasteiger partial charge on any atom is -0.455 e. The number of rotatable bonds is 5. The van der Waals surface area contributed by atoms with Crippen molar-refractivity contribution >= 4 is 11.9 Å². The number of hydrogen-bond donors (Lipinski definition) is 1. The number of ether oxygens (including phenoxy) is 2. The fourth-order valence-corrected chi connectivity index (χ4v) is 9.41. The Morgan fingerprint density at radius 1 is 0.771 bits per heavy atom.